The second-order valence-electron chi connectivity index (χ2n) is 8.92. The molecule has 14 heteroatoms. The van der Waals surface area contributed by atoms with Gasteiger partial charge >= 0.3 is 0 Å². The van der Waals surface area contributed by atoms with Crippen LogP contribution in [0.5, 0.6) is 0 Å². The van der Waals surface area contributed by atoms with E-state index in [0.717, 1.165) is 0 Å². The van der Waals surface area contributed by atoms with E-state index in [9.17, 15) is 25.9 Å². The summed E-state index contributed by atoms with van der Waals surface area (Å²) < 4.78 is 74.5. The van der Waals surface area contributed by atoms with E-state index in [2.05, 4.69) is 20.3 Å². The number of aromatic nitrogens is 3. The smallest absolute Gasteiger partial charge is 0.295 e. The largest absolute Gasteiger partial charge is 0.378 e. The van der Waals surface area contributed by atoms with Crippen molar-refractivity contribution in [1.82, 2.24) is 15.0 Å². The monoisotopic (exact) mass is 595 g/mol. The molecular formula is C27H25N5O7S2. The van der Waals surface area contributed by atoms with E-state index < -0.39 is 30.0 Å². The van der Waals surface area contributed by atoms with Gasteiger partial charge in [0, 0.05) is 29.9 Å². The molecule has 0 saturated carbocycles. The molecule has 0 atom stereocenters. The minimum Gasteiger partial charge on any atom is -0.378 e. The van der Waals surface area contributed by atoms with E-state index in [0.29, 0.717) is 32.0 Å². The molecule has 1 fully saturated rings. The van der Waals surface area contributed by atoms with E-state index in [1.54, 1.807) is 12.1 Å². The highest BCUT2D eigenvalue weighted by Crippen LogP contribution is 2.32. The molecule has 0 bridgehead atoms. The van der Waals surface area contributed by atoms with Crippen LogP contribution in [0.2, 0.25) is 0 Å². The van der Waals surface area contributed by atoms with Crippen LogP contribution in [0, 0.1) is 0 Å². The van der Waals surface area contributed by atoms with Crippen LogP contribution in [0.3, 0.4) is 0 Å². The summed E-state index contributed by atoms with van der Waals surface area (Å²) in [6.45, 7) is 1.86. The molecule has 12 nitrogen and oxygen atoms in total. The van der Waals surface area contributed by atoms with Gasteiger partial charge in [-0.2, -0.15) is 31.8 Å². The summed E-state index contributed by atoms with van der Waals surface area (Å²) in [6, 6.07) is 20.4. The molecule has 0 unspecified atom stereocenters. The van der Waals surface area contributed by atoms with E-state index in [4.69, 9.17) is 4.74 Å². The summed E-state index contributed by atoms with van der Waals surface area (Å²) in [6.07, 6.45) is 1.35. The van der Waals surface area contributed by atoms with Gasteiger partial charge in [0.05, 0.1) is 13.2 Å². The molecule has 2 heterocycles. The molecule has 0 radical (unpaired) electrons. The standard InChI is InChI=1S/C27H25N5O7S2/c33-40(34,35)23-12-6-4-8-19(23)18-22(21-11-5-7-13-24(21)41(36,37)38)25-29-26(28-20-9-2-1-3-10-20)31-27(30-25)32-14-16-39-17-15-32/h1-13,18H,14-17H2,(H,33,34,35)(H,36,37,38)(H,28,29,30,31). The van der Waals surface area contributed by atoms with Crippen LogP contribution in [0.4, 0.5) is 17.6 Å². The van der Waals surface area contributed by atoms with Gasteiger partial charge in [0.2, 0.25) is 11.9 Å². The van der Waals surface area contributed by atoms with Gasteiger partial charge in [-0.15, -0.1) is 0 Å². The molecule has 0 aliphatic carbocycles. The third-order valence-electron chi connectivity index (χ3n) is 6.14. The quantitative estimate of drug-likeness (QED) is 0.200. The van der Waals surface area contributed by atoms with Crippen LogP contribution in [0.1, 0.15) is 17.0 Å². The summed E-state index contributed by atoms with van der Waals surface area (Å²) in [7, 11) is -9.38. The molecule has 3 aromatic carbocycles. The lowest BCUT2D eigenvalue weighted by Crippen LogP contribution is -2.37. The Morgan fingerprint density at radius 2 is 1.39 bits per heavy atom. The Bertz CT molecular complexity index is 1810. The number of anilines is 3. The van der Waals surface area contributed by atoms with E-state index in [1.807, 2.05) is 35.2 Å². The van der Waals surface area contributed by atoms with Gasteiger partial charge in [-0.25, -0.2) is 0 Å². The van der Waals surface area contributed by atoms with Crippen molar-refractivity contribution in [2.75, 3.05) is 36.5 Å². The maximum atomic E-state index is 12.4. The molecule has 0 spiro atoms. The number of morpholine rings is 1. The zero-order valence-electron chi connectivity index (χ0n) is 21.5. The van der Waals surface area contributed by atoms with Crippen LogP contribution >= 0.6 is 0 Å². The van der Waals surface area contributed by atoms with Gasteiger partial charge in [-0.3, -0.25) is 9.11 Å². The van der Waals surface area contributed by atoms with Gasteiger partial charge in [0.25, 0.3) is 20.2 Å². The average molecular weight is 596 g/mol. The van der Waals surface area contributed by atoms with Crippen molar-refractivity contribution in [3.63, 3.8) is 0 Å². The Hall–Kier alpha value is -4.21. The van der Waals surface area contributed by atoms with Crippen molar-refractivity contribution in [2.45, 2.75) is 9.79 Å². The Kier molecular flexibility index (Phi) is 8.10. The van der Waals surface area contributed by atoms with Gasteiger partial charge < -0.3 is 15.0 Å². The molecular weight excluding hydrogens is 570 g/mol. The molecule has 0 amide bonds. The molecule has 1 aliphatic heterocycles. The predicted octanol–water partition coefficient (Wildman–Crippen LogP) is 3.53. The zero-order valence-corrected chi connectivity index (χ0v) is 23.1. The fourth-order valence-corrected chi connectivity index (χ4v) is 5.65. The number of rotatable bonds is 8. The Balaban J connectivity index is 1.78. The molecule has 1 saturated heterocycles. The highest BCUT2D eigenvalue weighted by Gasteiger charge is 2.24. The van der Waals surface area contributed by atoms with Crippen molar-refractivity contribution >= 4 is 49.5 Å². The summed E-state index contributed by atoms with van der Waals surface area (Å²) in [5.41, 5.74) is 0.784. The van der Waals surface area contributed by atoms with Crippen molar-refractivity contribution in [1.29, 1.82) is 0 Å². The number of nitrogens with one attached hydrogen (secondary N) is 1. The Morgan fingerprint density at radius 1 is 0.780 bits per heavy atom. The highest BCUT2D eigenvalue weighted by atomic mass is 32.2. The third-order valence-corrected chi connectivity index (χ3v) is 7.98. The fraction of sp³-hybridized carbons (Fsp3) is 0.148. The van der Waals surface area contributed by atoms with E-state index >= 15 is 0 Å². The second kappa shape index (κ2) is 11.7. The molecule has 212 valence electrons. The lowest BCUT2D eigenvalue weighted by molar-refractivity contribution is 0.122. The van der Waals surface area contributed by atoms with Gasteiger partial charge in [-0.1, -0.05) is 54.6 Å². The van der Waals surface area contributed by atoms with Crippen molar-refractivity contribution in [3.8, 4) is 0 Å². The lowest BCUT2D eigenvalue weighted by Gasteiger charge is -2.27. The Morgan fingerprint density at radius 3 is 2.07 bits per heavy atom. The average Bonchev–Trinajstić information content (AvgIpc) is 2.96. The topological polar surface area (TPSA) is 172 Å². The maximum Gasteiger partial charge on any atom is 0.295 e. The summed E-state index contributed by atoms with van der Waals surface area (Å²) >= 11 is 0. The van der Waals surface area contributed by atoms with Crippen LogP contribution < -0.4 is 10.2 Å². The van der Waals surface area contributed by atoms with Crippen LogP contribution in [-0.4, -0.2) is 67.2 Å². The van der Waals surface area contributed by atoms with E-state index in [1.165, 1.54) is 42.5 Å². The predicted molar refractivity (Wildman–Crippen MR) is 152 cm³/mol. The van der Waals surface area contributed by atoms with Crippen LogP contribution in [0.15, 0.2) is 88.7 Å². The lowest BCUT2D eigenvalue weighted by atomic mass is 10.0. The molecule has 4 aromatic rings. The first-order chi connectivity index (χ1) is 19.6. The third kappa shape index (κ3) is 6.75. The molecule has 5 rings (SSSR count). The number of hydrogen-bond donors (Lipinski definition) is 3. The minimum absolute atomic E-state index is 0.00456. The fourth-order valence-electron chi connectivity index (χ4n) is 4.26. The minimum atomic E-state index is -4.73. The van der Waals surface area contributed by atoms with Crippen molar-refractivity contribution in [3.05, 3.63) is 95.8 Å². The SMILES string of the molecule is O=S(=O)(O)c1ccccc1C=C(c1nc(Nc2ccccc2)nc(N2CCOCC2)n1)c1ccccc1S(=O)(=O)O. The maximum absolute atomic E-state index is 12.4. The second-order valence-corrected chi connectivity index (χ2v) is 11.7. The Labute approximate surface area is 236 Å². The van der Waals surface area contributed by atoms with Crippen LogP contribution in [0.25, 0.3) is 11.6 Å². The number of nitrogens with zero attached hydrogens (tertiary/aromatic N) is 4. The molecule has 41 heavy (non-hydrogen) atoms. The van der Waals surface area contributed by atoms with E-state index in [-0.39, 0.29) is 34.4 Å². The summed E-state index contributed by atoms with van der Waals surface area (Å²) in [5.74, 6) is 0.400. The first-order valence-electron chi connectivity index (χ1n) is 12.4. The van der Waals surface area contributed by atoms with Gasteiger partial charge in [0.15, 0.2) is 5.82 Å². The molecule has 1 aliphatic rings. The van der Waals surface area contributed by atoms with Crippen molar-refractivity contribution in [2.24, 2.45) is 0 Å². The highest BCUT2D eigenvalue weighted by molar-refractivity contribution is 7.86. The first kappa shape index (κ1) is 28.3. The number of benzene rings is 3. The van der Waals surface area contributed by atoms with Crippen LogP contribution in [-0.2, 0) is 25.0 Å². The normalized spacial score (nSPS) is 14.6. The van der Waals surface area contributed by atoms with Crippen molar-refractivity contribution < 1.29 is 30.7 Å². The summed E-state index contributed by atoms with van der Waals surface area (Å²) in [5, 5.41) is 3.12. The first-order valence-corrected chi connectivity index (χ1v) is 15.2. The number of ether oxygens (including phenoxy) is 1. The summed E-state index contributed by atoms with van der Waals surface area (Å²) in [4.78, 5) is 14.8. The molecule has 1 aromatic heterocycles. The molecule has 3 N–H and O–H groups in total. The van der Waals surface area contributed by atoms with Gasteiger partial charge in [0.1, 0.15) is 9.79 Å². The van der Waals surface area contributed by atoms with Gasteiger partial charge in [-0.05, 0) is 35.9 Å². The zero-order chi connectivity index (χ0) is 29.0. The number of hydrogen-bond acceptors (Lipinski definition) is 10. The number of para-hydroxylation sites is 1.